The van der Waals surface area contributed by atoms with Crippen LogP contribution >= 0.6 is 0 Å². The quantitative estimate of drug-likeness (QED) is 0.306. The van der Waals surface area contributed by atoms with E-state index in [1.54, 1.807) is 42.5 Å². The topological polar surface area (TPSA) is 175 Å². The molecular weight excluding hydrogens is 490 g/mol. The summed E-state index contributed by atoms with van der Waals surface area (Å²) in [5.41, 5.74) is 4.14. The number of aromatic hydroxyl groups is 1. The summed E-state index contributed by atoms with van der Waals surface area (Å²) >= 11 is 0. The summed E-state index contributed by atoms with van der Waals surface area (Å²) in [6, 6.07) is 11.1. The van der Waals surface area contributed by atoms with Crippen LogP contribution in [0.5, 0.6) is 5.75 Å². The average Bonchev–Trinajstić information content (AvgIpc) is 2.86. The Kier molecular flexibility index (Phi) is 5.65. The number of Topliss-reactive ketones (excluding diaryl/α,β-unsaturated/α-hetero) is 3. The fourth-order valence-corrected chi connectivity index (χ4v) is 5.97. The van der Waals surface area contributed by atoms with Gasteiger partial charge in [-0.3, -0.25) is 19.2 Å². The summed E-state index contributed by atoms with van der Waals surface area (Å²) in [4.78, 5) is 50.8. The highest BCUT2D eigenvalue weighted by atomic mass is 16.3. The van der Waals surface area contributed by atoms with E-state index in [1.165, 1.54) is 19.9 Å². The predicted octanol–water partition coefficient (Wildman–Crippen LogP) is 3.03. The number of aliphatic hydroxyl groups is 3. The molecule has 0 saturated carbocycles. The second-order valence-corrected chi connectivity index (χ2v) is 10.1. The minimum Gasteiger partial charge on any atom is -0.511 e. The third-order valence-electron chi connectivity index (χ3n) is 8.00. The zero-order valence-corrected chi connectivity index (χ0v) is 20.6. The maximum absolute atomic E-state index is 13.7. The third-order valence-corrected chi connectivity index (χ3v) is 8.00. The first-order valence-electron chi connectivity index (χ1n) is 12.0. The molecule has 0 bridgehead atoms. The number of hydrogen-bond acceptors (Lipinski definition) is 8. The van der Waals surface area contributed by atoms with E-state index in [0.717, 1.165) is 0 Å². The molecule has 0 heterocycles. The van der Waals surface area contributed by atoms with Gasteiger partial charge in [-0.25, -0.2) is 0 Å². The second kappa shape index (κ2) is 8.53. The lowest BCUT2D eigenvalue weighted by Gasteiger charge is -2.50. The van der Waals surface area contributed by atoms with E-state index in [1.807, 2.05) is 0 Å². The summed E-state index contributed by atoms with van der Waals surface area (Å²) in [5.74, 6) is -6.88. The van der Waals surface area contributed by atoms with Crippen molar-refractivity contribution in [2.45, 2.75) is 26.4 Å². The zero-order valence-electron chi connectivity index (χ0n) is 20.6. The Morgan fingerprint density at radius 1 is 1.05 bits per heavy atom. The number of rotatable bonds is 3. The summed E-state index contributed by atoms with van der Waals surface area (Å²) in [5, 5.41) is 44.3. The fraction of sp³-hybridized carbons (Fsp3) is 0.241. The van der Waals surface area contributed by atoms with Crippen LogP contribution in [0.2, 0.25) is 0 Å². The molecule has 38 heavy (non-hydrogen) atoms. The van der Waals surface area contributed by atoms with Crippen LogP contribution < -0.4 is 5.73 Å². The first-order chi connectivity index (χ1) is 17.9. The van der Waals surface area contributed by atoms with Crippen molar-refractivity contribution in [1.29, 1.82) is 0 Å². The van der Waals surface area contributed by atoms with Crippen molar-refractivity contribution >= 4 is 34.9 Å². The van der Waals surface area contributed by atoms with Gasteiger partial charge in [-0.15, -0.1) is 0 Å². The van der Waals surface area contributed by atoms with Crippen molar-refractivity contribution in [2.75, 3.05) is 0 Å². The molecule has 0 radical (unpaired) electrons. The molecule has 5 rings (SSSR count). The zero-order chi connectivity index (χ0) is 27.7. The van der Waals surface area contributed by atoms with Gasteiger partial charge in [0.25, 0.3) is 5.91 Å². The minimum absolute atomic E-state index is 0.108. The standard InChI is InChI=1S/C29H25NO8/c1-12(31)14-8-6-13(7-9-14)10-16-15-4-3-5-18(32)20(15)25(35)23-21(16)24(34)17-11-19(33)22(28(30)38)26(36)29(17,2)27(23)37/h3-10,17,21,24,32-34,37H,11H2,1-2H3,(H2,30,38)/b16-10+/t17?,21?,24?,29-/m1/s1. The van der Waals surface area contributed by atoms with Gasteiger partial charge in [0, 0.05) is 29.4 Å². The van der Waals surface area contributed by atoms with E-state index in [4.69, 9.17) is 5.73 Å². The number of phenols is 1. The van der Waals surface area contributed by atoms with Crippen molar-refractivity contribution in [1.82, 2.24) is 0 Å². The van der Waals surface area contributed by atoms with Crippen molar-refractivity contribution in [3.05, 3.63) is 87.4 Å². The highest BCUT2D eigenvalue weighted by Gasteiger charge is 2.61. The number of amides is 1. The lowest BCUT2D eigenvalue weighted by Crippen LogP contribution is -2.56. The monoisotopic (exact) mass is 515 g/mol. The molecule has 2 aromatic rings. The van der Waals surface area contributed by atoms with Crippen molar-refractivity contribution in [3.63, 3.8) is 0 Å². The Balaban J connectivity index is 1.79. The van der Waals surface area contributed by atoms with Crippen LogP contribution in [0.25, 0.3) is 11.6 Å². The molecule has 0 aliphatic heterocycles. The third kappa shape index (κ3) is 3.35. The maximum Gasteiger partial charge on any atom is 0.255 e. The van der Waals surface area contributed by atoms with Crippen LogP contribution in [0.15, 0.2) is 65.1 Å². The number of carbonyl (C=O) groups is 4. The van der Waals surface area contributed by atoms with Crippen molar-refractivity contribution in [3.8, 4) is 5.75 Å². The van der Waals surface area contributed by atoms with Gasteiger partial charge in [0.1, 0.15) is 22.8 Å². The Morgan fingerprint density at radius 3 is 2.32 bits per heavy atom. The van der Waals surface area contributed by atoms with Crippen molar-refractivity contribution < 1.29 is 39.6 Å². The molecular formula is C29H25NO8. The average molecular weight is 516 g/mol. The summed E-state index contributed by atoms with van der Waals surface area (Å²) in [6.07, 6.45) is -0.112. The number of allylic oxidation sites excluding steroid dienone is 2. The van der Waals surface area contributed by atoms with Crippen LogP contribution in [-0.4, -0.2) is 49.8 Å². The highest BCUT2D eigenvalue weighted by molar-refractivity contribution is 6.24. The minimum atomic E-state index is -1.92. The number of fused-ring (bicyclic) bond motifs is 3. The van der Waals surface area contributed by atoms with Gasteiger partial charge in [0.05, 0.1) is 17.1 Å². The first-order valence-corrected chi connectivity index (χ1v) is 12.0. The Hall–Kier alpha value is -4.50. The molecule has 0 aromatic heterocycles. The smallest absolute Gasteiger partial charge is 0.255 e. The fourth-order valence-electron chi connectivity index (χ4n) is 5.97. The maximum atomic E-state index is 13.7. The summed E-state index contributed by atoms with van der Waals surface area (Å²) < 4.78 is 0. The molecule has 2 aromatic carbocycles. The van der Waals surface area contributed by atoms with Crippen molar-refractivity contribution in [2.24, 2.45) is 23.0 Å². The van der Waals surface area contributed by atoms with Crippen LogP contribution in [0.1, 0.15) is 52.1 Å². The van der Waals surface area contributed by atoms with Crippen LogP contribution in [0, 0.1) is 17.3 Å². The van der Waals surface area contributed by atoms with Gasteiger partial charge in [0.15, 0.2) is 17.3 Å². The molecule has 9 nitrogen and oxygen atoms in total. The van der Waals surface area contributed by atoms with E-state index >= 15 is 0 Å². The molecule has 0 saturated heterocycles. The van der Waals surface area contributed by atoms with Gasteiger partial charge in [-0.1, -0.05) is 42.5 Å². The largest absolute Gasteiger partial charge is 0.511 e. The summed E-state index contributed by atoms with van der Waals surface area (Å²) in [7, 11) is 0. The second-order valence-electron chi connectivity index (χ2n) is 10.1. The van der Waals surface area contributed by atoms with Gasteiger partial charge in [-0.2, -0.15) is 0 Å². The number of carbonyl (C=O) groups excluding carboxylic acids is 4. The van der Waals surface area contributed by atoms with E-state index in [-0.39, 0.29) is 29.1 Å². The molecule has 3 aliphatic carbocycles. The molecule has 0 spiro atoms. The van der Waals surface area contributed by atoms with Crippen LogP contribution in [0.4, 0.5) is 0 Å². The molecule has 3 aliphatic rings. The number of hydrogen-bond donors (Lipinski definition) is 5. The molecule has 4 atom stereocenters. The number of nitrogens with two attached hydrogens (primary N) is 1. The lowest BCUT2D eigenvalue weighted by atomic mass is 9.53. The van der Waals surface area contributed by atoms with E-state index in [9.17, 15) is 39.6 Å². The molecule has 6 N–H and O–H groups in total. The highest BCUT2D eigenvalue weighted by Crippen LogP contribution is 2.58. The van der Waals surface area contributed by atoms with Crippen LogP contribution in [-0.2, 0) is 9.59 Å². The molecule has 1 amide bonds. The Morgan fingerprint density at radius 2 is 1.71 bits per heavy atom. The SMILES string of the molecule is CC(=O)c1ccc(/C=C2\c3cccc(O)c3C(=O)C3=C(O)[C@@]4(C)C(=O)C(C(N)=O)=C(O)CC4C(O)C32)cc1. The van der Waals surface area contributed by atoms with Gasteiger partial charge >= 0.3 is 0 Å². The molecule has 194 valence electrons. The first kappa shape index (κ1) is 25.2. The Bertz CT molecular complexity index is 1540. The lowest BCUT2D eigenvalue weighted by molar-refractivity contribution is -0.136. The van der Waals surface area contributed by atoms with Gasteiger partial charge in [-0.05, 0) is 36.6 Å². The van der Waals surface area contributed by atoms with E-state index in [0.29, 0.717) is 22.3 Å². The van der Waals surface area contributed by atoms with Gasteiger partial charge in [0.2, 0.25) is 0 Å². The number of ketones is 3. The number of benzene rings is 2. The summed E-state index contributed by atoms with van der Waals surface area (Å²) in [6.45, 7) is 2.74. The number of aliphatic hydroxyl groups excluding tert-OH is 3. The molecule has 9 heteroatoms. The predicted molar refractivity (Wildman–Crippen MR) is 136 cm³/mol. The number of primary amides is 1. The van der Waals surface area contributed by atoms with Gasteiger partial charge < -0.3 is 26.2 Å². The van der Waals surface area contributed by atoms with Crippen LogP contribution in [0.3, 0.4) is 0 Å². The van der Waals surface area contributed by atoms with E-state index < -0.39 is 57.9 Å². The Labute approximate surface area is 217 Å². The molecule has 3 unspecified atom stereocenters. The number of phenolic OH excluding ortho intramolecular Hbond substituents is 1. The molecule has 0 fully saturated rings. The normalized spacial score (nSPS) is 27.7. The van der Waals surface area contributed by atoms with E-state index in [2.05, 4.69) is 0 Å².